The third-order valence-corrected chi connectivity index (χ3v) is 7.77. The Balaban J connectivity index is 1.57. The highest BCUT2D eigenvalue weighted by atomic mass is 31.0. The Morgan fingerprint density at radius 1 is 1.27 bits per heavy atom. The van der Waals surface area contributed by atoms with Crippen molar-refractivity contribution in [2.75, 3.05) is 0 Å². The van der Waals surface area contributed by atoms with E-state index in [1.165, 1.54) is 12.8 Å². The molecule has 26 heavy (non-hydrogen) atoms. The quantitative estimate of drug-likeness (QED) is 0.439. The molecular weight excluding hydrogens is 343 g/mol. The van der Waals surface area contributed by atoms with Crippen molar-refractivity contribution in [1.29, 1.82) is 0 Å². The third kappa shape index (κ3) is 2.84. The molecular formula is C22H29O3P. The van der Waals surface area contributed by atoms with Crippen molar-refractivity contribution in [3.8, 4) is 0 Å². The number of rotatable bonds is 3. The number of hydrogen-bond acceptors (Lipinski definition) is 3. The molecule has 140 valence electrons. The first-order valence-electron chi connectivity index (χ1n) is 9.76. The maximum atomic E-state index is 12.6. The molecule has 0 amide bonds. The average Bonchev–Trinajstić information content (AvgIpc) is 3.08. The molecule has 2 saturated heterocycles. The molecule has 3 fully saturated rings. The Kier molecular flexibility index (Phi) is 4.52. The van der Waals surface area contributed by atoms with Crippen molar-refractivity contribution in [3.63, 3.8) is 0 Å². The lowest BCUT2D eigenvalue weighted by Crippen LogP contribution is -2.57. The Morgan fingerprint density at radius 3 is 2.73 bits per heavy atom. The van der Waals surface area contributed by atoms with Gasteiger partial charge in [0.25, 0.3) is 0 Å². The fraction of sp³-hybridized carbons (Fsp3) is 0.591. The second kappa shape index (κ2) is 6.46. The Labute approximate surface area is 158 Å². The van der Waals surface area contributed by atoms with Gasteiger partial charge in [0.1, 0.15) is 11.4 Å². The second-order valence-electron chi connectivity index (χ2n) is 8.69. The van der Waals surface area contributed by atoms with Gasteiger partial charge in [-0.2, -0.15) is 0 Å². The summed E-state index contributed by atoms with van der Waals surface area (Å²) in [4.78, 5) is 12.6. The number of ether oxygens (including phenoxy) is 2. The smallest absolute Gasteiger partial charge is 0.331 e. The van der Waals surface area contributed by atoms with Crippen LogP contribution in [0.5, 0.6) is 0 Å². The predicted octanol–water partition coefficient (Wildman–Crippen LogP) is 4.67. The molecule has 2 aliphatic heterocycles. The summed E-state index contributed by atoms with van der Waals surface area (Å²) in [6, 6.07) is 9.84. The van der Waals surface area contributed by atoms with Crippen LogP contribution < -0.4 is 0 Å². The molecule has 0 N–H and O–H groups in total. The minimum atomic E-state index is -0.454. The van der Waals surface area contributed by atoms with E-state index in [0.717, 1.165) is 12.0 Å². The van der Waals surface area contributed by atoms with E-state index in [-0.39, 0.29) is 17.7 Å². The molecule has 2 bridgehead atoms. The molecule has 4 heteroatoms. The Hall–Kier alpha value is -1.18. The van der Waals surface area contributed by atoms with Gasteiger partial charge in [-0.15, -0.1) is 0 Å². The van der Waals surface area contributed by atoms with Gasteiger partial charge in [0.2, 0.25) is 0 Å². The van der Waals surface area contributed by atoms with Gasteiger partial charge in [-0.3, -0.25) is 0 Å². The summed E-state index contributed by atoms with van der Waals surface area (Å²) in [6.07, 6.45) is 6.45. The van der Waals surface area contributed by atoms with Crippen molar-refractivity contribution >= 4 is 21.3 Å². The number of carbonyl (C=O) groups excluding carboxylic acids is 1. The molecule has 1 aromatic rings. The summed E-state index contributed by atoms with van der Waals surface area (Å²) < 4.78 is 12.6. The molecule has 1 aliphatic carbocycles. The van der Waals surface area contributed by atoms with Gasteiger partial charge >= 0.3 is 5.97 Å². The molecule has 4 rings (SSSR count). The van der Waals surface area contributed by atoms with Gasteiger partial charge in [0.15, 0.2) is 0 Å². The van der Waals surface area contributed by atoms with Crippen LogP contribution in [0.4, 0.5) is 0 Å². The fourth-order valence-corrected chi connectivity index (χ4v) is 6.54. The number of carbonyl (C=O) groups is 1. The van der Waals surface area contributed by atoms with Crippen LogP contribution in [0.15, 0.2) is 36.4 Å². The summed E-state index contributed by atoms with van der Waals surface area (Å²) in [5.41, 5.74) is 0.902. The van der Waals surface area contributed by atoms with E-state index in [9.17, 15) is 4.79 Å². The normalized spacial score (nSPS) is 44.2. The molecule has 3 nitrogen and oxygen atoms in total. The number of esters is 1. The van der Waals surface area contributed by atoms with Gasteiger partial charge < -0.3 is 9.47 Å². The van der Waals surface area contributed by atoms with Crippen molar-refractivity contribution in [2.24, 2.45) is 23.7 Å². The zero-order valence-electron chi connectivity index (χ0n) is 15.9. The van der Waals surface area contributed by atoms with E-state index in [4.69, 9.17) is 9.47 Å². The zero-order valence-corrected chi connectivity index (χ0v) is 17.0. The van der Waals surface area contributed by atoms with Crippen LogP contribution in [0.25, 0.3) is 6.08 Å². The summed E-state index contributed by atoms with van der Waals surface area (Å²) in [5.74, 6) is 1.61. The lowest BCUT2D eigenvalue weighted by atomic mass is 9.72. The monoisotopic (exact) mass is 372 g/mol. The molecule has 1 aromatic carbocycles. The summed E-state index contributed by atoms with van der Waals surface area (Å²) in [7, 11) is 2.90. The topological polar surface area (TPSA) is 35.5 Å². The van der Waals surface area contributed by atoms with Crippen LogP contribution in [0, 0.1) is 23.7 Å². The highest BCUT2D eigenvalue weighted by Crippen LogP contribution is 2.64. The molecule has 8 unspecified atom stereocenters. The van der Waals surface area contributed by atoms with Crippen LogP contribution in [0.2, 0.25) is 0 Å². The van der Waals surface area contributed by atoms with Crippen molar-refractivity contribution in [1.82, 2.24) is 0 Å². The predicted molar refractivity (Wildman–Crippen MR) is 106 cm³/mol. The zero-order chi connectivity index (χ0) is 18.5. The van der Waals surface area contributed by atoms with Gasteiger partial charge in [-0.05, 0) is 55.6 Å². The van der Waals surface area contributed by atoms with Crippen LogP contribution in [-0.2, 0) is 14.3 Å². The summed E-state index contributed by atoms with van der Waals surface area (Å²) in [5, 5.41) is -0.454. The Morgan fingerprint density at radius 2 is 2.00 bits per heavy atom. The third-order valence-electron chi connectivity index (χ3n) is 7.09. The lowest BCUT2D eigenvalue weighted by molar-refractivity contribution is -0.217. The van der Waals surface area contributed by atoms with Gasteiger partial charge in [0, 0.05) is 12.0 Å². The van der Waals surface area contributed by atoms with E-state index in [1.807, 2.05) is 36.4 Å². The Bertz CT molecular complexity index is 717. The highest BCUT2D eigenvalue weighted by molar-refractivity contribution is 7.18. The van der Waals surface area contributed by atoms with Crippen molar-refractivity contribution in [3.05, 3.63) is 42.0 Å². The summed E-state index contributed by atoms with van der Waals surface area (Å²) in [6.45, 7) is 6.86. The van der Waals surface area contributed by atoms with E-state index >= 15 is 0 Å². The molecule has 0 aromatic heterocycles. The van der Waals surface area contributed by atoms with E-state index in [0.29, 0.717) is 23.7 Å². The van der Waals surface area contributed by atoms with E-state index in [1.54, 1.807) is 6.08 Å². The van der Waals surface area contributed by atoms with Gasteiger partial charge in [-0.25, -0.2) is 4.79 Å². The number of hydrogen-bond donors (Lipinski definition) is 0. The van der Waals surface area contributed by atoms with Gasteiger partial charge in [0.05, 0.1) is 5.60 Å². The van der Waals surface area contributed by atoms with Crippen molar-refractivity contribution in [2.45, 2.75) is 57.1 Å². The minimum absolute atomic E-state index is 0.0973. The minimum Gasteiger partial charge on any atom is -0.455 e. The van der Waals surface area contributed by atoms with E-state index < -0.39 is 5.34 Å². The lowest BCUT2D eigenvalue weighted by Gasteiger charge is -2.50. The first kappa shape index (κ1) is 18.2. The fourth-order valence-electron chi connectivity index (χ4n) is 5.65. The van der Waals surface area contributed by atoms with Crippen LogP contribution in [-0.4, -0.2) is 23.0 Å². The molecule has 0 radical (unpaired) electrons. The van der Waals surface area contributed by atoms with Crippen LogP contribution in [0.1, 0.15) is 45.6 Å². The number of benzene rings is 1. The average molecular weight is 372 g/mol. The first-order valence-corrected chi connectivity index (χ1v) is 10.3. The molecule has 2 heterocycles. The highest BCUT2D eigenvalue weighted by Gasteiger charge is 2.67. The standard InChI is InChI=1S/C22H29O3P/c1-14-9-11-17-19(14)20(22(26)13-15(2)21(17,3)25-22)24-18(23)12-10-16-7-5-4-6-8-16/h4-8,10,12,14-15,17,19-20H,9,11,13,26H2,1-3H3/b12-10+. The summed E-state index contributed by atoms with van der Waals surface area (Å²) >= 11 is 0. The molecule has 1 saturated carbocycles. The SMILES string of the molecule is CC1CCC2C1C(OC(=O)/C=C/c1ccccc1)C1(P)CC(C)C2(C)O1. The molecule has 3 aliphatic rings. The van der Waals surface area contributed by atoms with Crippen LogP contribution in [0.3, 0.4) is 0 Å². The number of fused-ring (bicyclic) bond motifs is 4. The first-order chi connectivity index (χ1) is 12.3. The van der Waals surface area contributed by atoms with Crippen LogP contribution >= 0.6 is 9.24 Å². The molecule has 0 spiro atoms. The van der Waals surface area contributed by atoms with E-state index in [2.05, 4.69) is 30.0 Å². The second-order valence-corrected chi connectivity index (χ2v) is 9.66. The maximum Gasteiger partial charge on any atom is 0.331 e. The van der Waals surface area contributed by atoms with Gasteiger partial charge in [-0.1, -0.05) is 53.4 Å². The maximum absolute atomic E-state index is 12.6. The molecule has 8 atom stereocenters. The largest absolute Gasteiger partial charge is 0.455 e. The van der Waals surface area contributed by atoms with Crippen molar-refractivity contribution < 1.29 is 14.3 Å².